The van der Waals surface area contributed by atoms with Crippen LogP contribution in [0.5, 0.6) is 0 Å². The second kappa shape index (κ2) is 5.23. The Morgan fingerprint density at radius 3 is 2.50 bits per heavy atom. The minimum Gasteiger partial charge on any atom is -0.319 e. The van der Waals surface area contributed by atoms with Gasteiger partial charge in [0.2, 0.25) is 0 Å². The van der Waals surface area contributed by atoms with Gasteiger partial charge in [-0.1, -0.05) is 12.1 Å². The van der Waals surface area contributed by atoms with E-state index in [1.165, 1.54) is 0 Å². The van der Waals surface area contributed by atoms with E-state index < -0.39 is 0 Å². The van der Waals surface area contributed by atoms with Crippen LogP contribution in [0.1, 0.15) is 27.3 Å². The van der Waals surface area contributed by atoms with Crippen molar-refractivity contribution >= 4 is 23.2 Å². The van der Waals surface area contributed by atoms with Crippen LogP contribution in [0.2, 0.25) is 0 Å². The van der Waals surface area contributed by atoms with Gasteiger partial charge in [-0.2, -0.15) is 5.10 Å². The molecule has 0 bridgehead atoms. The molecule has 1 heterocycles. The van der Waals surface area contributed by atoms with E-state index in [9.17, 15) is 4.79 Å². The largest absolute Gasteiger partial charge is 0.319 e. The number of rotatable bonds is 3. The second-order valence-corrected chi connectivity index (χ2v) is 4.36. The zero-order valence-corrected chi connectivity index (χ0v) is 11.0. The molecule has 1 amide bonds. The first-order chi connectivity index (χ1) is 8.61. The quantitative estimate of drug-likeness (QED) is 0.837. The van der Waals surface area contributed by atoms with Crippen LogP contribution in [0.25, 0.3) is 0 Å². The molecule has 0 atom stereocenters. The van der Waals surface area contributed by atoms with E-state index in [0.717, 1.165) is 22.6 Å². The predicted molar refractivity (Wildman–Crippen MR) is 72.0 cm³/mol. The van der Waals surface area contributed by atoms with Crippen molar-refractivity contribution < 1.29 is 4.79 Å². The van der Waals surface area contributed by atoms with Gasteiger partial charge in [-0.15, -0.1) is 11.6 Å². The third-order valence-corrected chi connectivity index (χ3v) is 3.05. The number of aromatic amines is 1. The summed E-state index contributed by atoms with van der Waals surface area (Å²) in [6.07, 6.45) is 0. The van der Waals surface area contributed by atoms with Crippen molar-refractivity contribution in [2.75, 3.05) is 5.32 Å². The molecule has 1 aromatic carbocycles. The minimum absolute atomic E-state index is 0.149. The Balaban J connectivity index is 2.17. The number of carbonyl (C=O) groups is 1. The molecule has 18 heavy (non-hydrogen) atoms. The Morgan fingerprint density at radius 1 is 1.33 bits per heavy atom. The molecule has 1 aromatic heterocycles. The number of aromatic nitrogens is 2. The maximum atomic E-state index is 12.0. The van der Waals surface area contributed by atoms with Gasteiger partial charge in [0, 0.05) is 11.4 Å². The molecular weight excluding hydrogens is 250 g/mol. The molecule has 0 saturated heterocycles. The Hall–Kier alpha value is -1.81. The normalized spacial score (nSPS) is 10.4. The van der Waals surface area contributed by atoms with Crippen molar-refractivity contribution in [3.8, 4) is 0 Å². The van der Waals surface area contributed by atoms with Gasteiger partial charge in [0.15, 0.2) is 0 Å². The summed E-state index contributed by atoms with van der Waals surface area (Å²) < 4.78 is 0. The lowest BCUT2D eigenvalue weighted by atomic mass is 10.1. The summed E-state index contributed by atoms with van der Waals surface area (Å²) in [5.74, 6) is 0.297. The van der Waals surface area contributed by atoms with E-state index in [2.05, 4.69) is 15.5 Å². The van der Waals surface area contributed by atoms with E-state index in [1.54, 1.807) is 12.1 Å². The van der Waals surface area contributed by atoms with Gasteiger partial charge in [-0.25, -0.2) is 0 Å². The maximum Gasteiger partial charge on any atom is 0.255 e. The summed E-state index contributed by atoms with van der Waals surface area (Å²) in [4.78, 5) is 12.0. The summed E-state index contributed by atoms with van der Waals surface area (Å²) in [6, 6.07) is 7.21. The van der Waals surface area contributed by atoms with Crippen LogP contribution in [0, 0.1) is 13.8 Å². The van der Waals surface area contributed by atoms with Crippen molar-refractivity contribution in [1.29, 1.82) is 0 Å². The number of anilines is 1. The van der Waals surface area contributed by atoms with E-state index in [1.807, 2.05) is 26.0 Å². The Bertz CT molecular complexity index is 541. The van der Waals surface area contributed by atoms with Gasteiger partial charge in [0.05, 0.1) is 17.1 Å². The number of nitrogens with zero attached hydrogens (tertiary/aromatic N) is 1. The van der Waals surface area contributed by atoms with Crippen molar-refractivity contribution in [3.05, 3.63) is 46.8 Å². The zero-order valence-electron chi connectivity index (χ0n) is 10.2. The number of hydrogen-bond acceptors (Lipinski definition) is 2. The highest BCUT2D eigenvalue weighted by Gasteiger charge is 2.11. The number of halogens is 1. The highest BCUT2D eigenvalue weighted by atomic mass is 35.5. The second-order valence-electron chi connectivity index (χ2n) is 4.09. The summed E-state index contributed by atoms with van der Waals surface area (Å²) in [5, 5.41) is 9.71. The molecule has 4 nitrogen and oxygen atoms in total. The number of hydrogen-bond donors (Lipinski definition) is 2. The molecule has 0 fully saturated rings. The number of carbonyl (C=O) groups excluding carboxylic acids is 1. The molecule has 0 aliphatic rings. The lowest BCUT2D eigenvalue weighted by molar-refractivity contribution is 0.102. The fourth-order valence-corrected chi connectivity index (χ4v) is 1.84. The molecule has 94 valence electrons. The highest BCUT2D eigenvalue weighted by molar-refractivity contribution is 6.17. The SMILES string of the molecule is Cc1n[nH]c(C)c1NC(=O)c1ccc(CCl)cc1. The standard InChI is InChI=1S/C13H14ClN3O/c1-8-12(9(2)17-16-8)15-13(18)11-5-3-10(7-14)4-6-11/h3-6H,7H2,1-2H3,(H,15,18)(H,16,17). The van der Waals surface area contributed by atoms with Gasteiger partial charge in [0.25, 0.3) is 5.91 Å². The van der Waals surface area contributed by atoms with Crippen LogP contribution < -0.4 is 5.32 Å². The van der Waals surface area contributed by atoms with Crippen molar-refractivity contribution in [2.45, 2.75) is 19.7 Å². The van der Waals surface area contributed by atoms with Gasteiger partial charge < -0.3 is 5.32 Å². The number of nitrogens with one attached hydrogen (secondary N) is 2. The number of benzene rings is 1. The summed E-state index contributed by atoms with van der Waals surface area (Å²) in [5.41, 5.74) is 3.95. The lowest BCUT2D eigenvalue weighted by Crippen LogP contribution is -2.12. The molecule has 5 heteroatoms. The third-order valence-electron chi connectivity index (χ3n) is 2.74. The molecule has 0 unspecified atom stereocenters. The smallest absolute Gasteiger partial charge is 0.255 e. The number of alkyl halides is 1. The summed E-state index contributed by atoms with van der Waals surface area (Å²) >= 11 is 5.70. The van der Waals surface area contributed by atoms with Crippen LogP contribution >= 0.6 is 11.6 Å². The molecule has 0 aliphatic heterocycles. The fraction of sp³-hybridized carbons (Fsp3) is 0.231. The lowest BCUT2D eigenvalue weighted by Gasteiger charge is -2.05. The molecule has 0 aliphatic carbocycles. The first kappa shape index (κ1) is 12.6. The van der Waals surface area contributed by atoms with Crippen molar-refractivity contribution in [2.24, 2.45) is 0 Å². The first-order valence-corrected chi connectivity index (χ1v) is 6.13. The first-order valence-electron chi connectivity index (χ1n) is 5.59. The average molecular weight is 264 g/mol. The average Bonchev–Trinajstić information content (AvgIpc) is 2.70. The molecule has 0 saturated carbocycles. The minimum atomic E-state index is -0.149. The van der Waals surface area contributed by atoms with Crippen LogP contribution in [0.4, 0.5) is 5.69 Å². The van der Waals surface area contributed by atoms with E-state index in [4.69, 9.17) is 11.6 Å². The number of amides is 1. The highest BCUT2D eigenvalue weighted by Crippen LogP contribution is 2.17. The Kier molecular flexibility index (Phi) is 3.67. The summed E-state index contributed by atoms with van der Waals surface area (Å²) in [7, 11) is 0. The van der Waals surface area contributed by atoms with E-state index >= 15 is 0 Å². The predicted octanol–water partition coefficient (Wildman–Crippen LogP) is 3.02. The van der Waals surface area contributed by atoms with Crippen LogP contribution in [-0.4, -0.2) is 16.1 Å². The number of H-pyrrole nitrogens is 1. The maximum absolute atomic E-state index is 12.0. The van der Waals surface area contributed by atoms with Crippen LogP contribution in [0.15, 0.2) is 24.3 Å². The van der Waals surface area contributed by atoms with Crippen LogP contribution in [-0.2, 0) is 5.88 Å². The van der Waals surface area contributed by atoms with Crippen LogP contribution in [0.3, 0.4) is 0 Å². The zero-order chi connectivity index (χ0) is 13.1. The fourth-order valence-electron chi connectivity index (χ4n) is 1.67. The summed E-state index contributed by atoms with van der Waals surface area (Å²) in [6.45, 7) is 3.71. The van der Waals surface area contributed by atoms with E-state index in [0.29, 0.717) is 11.4 Å². The molecule has 2 rings (SSSR count). The monoisotopic (exact) mass is 263 g/mol. The molecule has 2 aromatic rings. The van der Waals surface area contributed by atoms with Gasteiger partial charge in [-0.05, 0) is 31.5 Å². The van der Waals surface area contributed by atoms with Crippen molar-refractivity contribution in [1.82, 2.24) is 10.2 Å². The molecule has 2 N–H and O–H groups in total. The van der Waals surface area contributed by atoms with Gasteiger partial charge >= 0.3 is 0 Å². The Morgan fingerprint density at radius 2 is 2.00 bits per heavy atom. The molecule has 0 radical (unpaired) electrons. The van der Waals surface area contributed by atoms with Gasteiger partial charge in [0.1, 0.15) is 0 Å². The molecule has 0 spiro atoms. The molecular formula is C13H14ClN3O. The topological polar surface area (TPSA) is 57.8 Å². The number of aryl methyl sites for hydroxylation is 2. The third kappa shape index (κ3) is 2.54. The van der Waals surface area contributed by atoms with Gasteiger partial charge in [-0.3, -0.25) is 9.89 Å². The van der Waals surface area contributed by atoms with Crippen molar-refractivity contribution in [3.63, 3.8) is 0 Å². The Labute approximate surface area is 110 Å². The van der Waals surface area contributed by atoms with E-state index in [-0.39, 0.29) is 5.91 Å².